The molecule has 0 aromatic rings. The van der Waals surface area contributed by atoms with E-state index in [1.807, 2.05) is 6.92 Å². The van der Waals surface area contributed by atoms with Gasteiger partial charge in [0, 0.05) is 6.61 Å². The van der Waals surface area contributed by atoms with Crippen molar-refractivity contribution < 1.29 is 9.84 Å². The van der Waals surface area contributed by atoms with Crippen molar-refractivity contribution in [2.45, 2.75) is 52.7 Å². The summed E-state index contributed by atoms with van der Waals surface area (Å²) in [6.07, 6.45) is 3.75. The predicted octanol–water partition coefficient (Wildman–Crippen LogP) is 2.56. The highest BCUT2D eigenvalue weighted by molar-refractivity contribution is 4.48. The van der Waals surface area contributed by atoms with Gasteiger partial charge in [0.2, 0.25) is 0 Å². The Hall–Kier alpha value is -0.0800. The molecule has 1 atom stereocenters. The summed E-state index contributed by atoms with van der Waals surface area (Å²) in [5, 5.41) is 9.19. The van der Waals surface area contributed by atoms with Gasteiger partial charge < -0.3 is 9.84 Å². The summed E-state index contributed by atoms with van der Waals surface area (Å²) in [5.74, 6) is 0.772. The minimum absolute atomic E-state index is 0.540. The number of hydrogen-bond acceptors (Lipinski definition) is 2. The first-order valence-electron chi connectivity index (χ1n) is 4.96. The highest BCUT2D eigenvalue weighted by atomic mass is 16.6. The quantitative estimate of drug-likeness (QED) is 0.475. The van der Waals surface area contributed by atoms with E-state index in [2.05, 4.69) is 13.8 Å². The van der Waals surface area contributed by atoms with Gasteiger partial charge in [0.1, 0.15) is 0 Å². The van der Waals surface area contributed by atoms with Gasteiger partial charge in [-0.15, -0.1) is 0 Å². The lowest BCUT2D eigenvalue weighted by Crippen LogP contribution is -2.11. The minimum Gasteiger partial charge on any atom is -0.368 e. The molecule has 0 saturated heterocycles. The van der Waals surface area contributed by atoms with Gasteiger partial charge in [0.25, 0.3) is 0 Å². The van der Waals surface area contributed by atoms with Crippen LogP contribution in [-0.2, 0) is 4.74 Å². The standard InChI is InChI=1S/C10H22O2/c1-4-12-10(11)8-6-5-7-9(2)3/h9-11H,4-8H2,1-3H3. The SMILES string of the molecule is CCOC(O)CCCCC(C)C. The maximum absolute atomic E-state index is 9.19. The lowest BCUT2D eigenvalue weighted by Gasteiger charge is -2.10. The summed E-state index contributed by atoms with van der Waals surface area (Å²) >= 11 is 0. The van der Waals surface area contributed by atoms with Gasteiger partial charge in [-0.2, -0.15) is 0 Å². The molecule has 1 unspecified atom stereocenters. The summed E-state index contributed by atoms with van der Waals surface area (Å²) < 4.78 is 5.00. The van der Waals surface area contributed by atoms with Crippen LogP contribution in [0.1, 0.15) is 46.5 Å². The third-order valence-electron chi connectivity index (χ3n) is 1.84. The maximum atomic E-state index is 9.19. The molecule has 0 aliphatic carbocycles. The van der Waals surface area contributed by atoms with Crippen molar-refractivity contribution >= 4 is 0 Å². The van der Waals surface area contributed by atoms with Gasteiger partial charge in [-0.1, -0.05) is 26.7 Å². The van der Waals surface area contributed by atoms with E-state index in [1.165, 1.54) is 12.8 Å². The minimum atomic E-state index is -0.540. The first-order valence-corrected chi connectivity index (χ1v) is 4.96. The van der Waals surface area contributed by atoms with Crippen molar-refractivity contribution in [3.8, 4) is 0 Å². The van der Waals surface area contributed by atoms with Crippen LogP contribution in [0, 0.1) is 5.92 Å². The molecule has 0 fully saturated rings. The maximum Gasteiger partial charge on any atom is 0.154 e. The van der Waals surface area contributed by atoms with Crippen molar-refractivity contribution in [3.05, 3.63) is 0 Å². The van der Waals surface area contributed by atoms with Gasteiger partial charge in [0.15, 0.2) is 6.29 Å². The fourth-order valence-corrected chi connectivity index (χ4v) is 1.15. The number of unbranched alkanes of at least 4 members (excludes halogenated alkanes) is 1. The Kier molecular flexibility index (Phi) is 7.51. The Morgan fingerprint density at radius 2 is 1.75 bits per heavy atom. The Labute approximate surface area is 75.9 Å². The summed E-state index contributed by atoms with van der Waals surface area (Å²) in [5.41, 5.74) is 0. The van der Waals surface area contributed by atoms with Crippen LogP contribution in [0.3, 0.4) is 0 Å². The van der Waals surface area contributed by atoms with E-state index in [4.69, 9.17) is 4.74 Å². The Balaban J connectivity index is 3.08. The van der Waals surface area contributed by atoms with Gasteiger partial charge in [-0.05, 0) is 25.7 Å². The number of rotatable bonds is 7. The molecule has 1 N–H and O–H groups in total. The molecule has 12 heavy (non-hydrogen) atoms. The van der Waals surface area contributed by atoms with E-state index in [1.54, 1.807) is 0 Å². The molecule has 74 valence electrons. The van der Waals surface area contributed by atoms with E-state index in [-0.39, 0.29) is 0 Å². The van der Waals surface area contributed by atoms with Crippen LogP contribution in [0.15, 0.2) is 0 Å². The Morgan fingerprint density at radius 3 is 2.25 bits per heavy atom. The van der Waals surface area contributed by atoms with Crippen LogP contribution in [-0.4, -0.2) is 18.0 Å². The second kappa shape index (κ2) is 7.56. The molecule has 0 amide bonds. The van der Waals surface area contributed by atoms with Crippen LogP contribution in [0.2, 0.25) is 0 Å². The van der Waals surface area contributed by atoms with Gasteiger partial charge in [-0.3, -0.25) is 0 Å². The molecular weight excluding hydrogens is 152 g/mol. The van der Waals surface area contributed by atoms with E-state index >= 15 is 0 Å². The molecule has 0 saturated carbocycles. The Morgan fingerprint density at radius 1 is 1.17 bits per heavy atom. The molecular formula is C10H22O2. The molecule has 0 aliphatic rings. The molecule has 0 rings (SSSR count). The van der Waals surface area contributed by atoms with Crippen molar-refractivity contribution in [2.75, 3.05) is 6.61 Å². The number of hydrogen-bond donors (Lipinski definition) is 1. The molecule has 0 aromatic heterocycles. The smallest absolute Gasteiger partial charge is 0.154 e. The molecule has 2 nitrogen and oxygen atoms in total. The third kappa shape index (κ3) is 8.02. The van der Waals surface area contributed by atoms with Crippen molar-refractivity contribution in [2.24, 2.45) is 5.92 Å². The van der Waals surface area contributed by atoms with Crippen LogP contribution in [0.4, 0.5) is 0 Å². The van der Waals surface area contributed by atoms with Crippen molar-refractivity contribution in [1.82, 2.24) is 0 Å². The third-order valence-corrected chi connectivity index (χ3v) is 1.84. The molecule has 0 aliphatic heterocycles. The van der Waals surface area contributed by atoms with Crippen LogP contribution in [0.5, 0.6) is 0 Å². The number of ether oxygens (including phenoxy) is 1. The van der Waals surface area contributed by atoms with Gasteiger partial charge in [0.05, 0.1) is 0 Å². The summed E-state index contributed by atoms with van der Waals surface area (Å²) in [6, 6.07) is 0. The molecule has 0 radical (unpaired) electrons. The lowest BCUT2D eigenvalue weighted by atomic mass is 10.1. The van der Waals surface area contributed by atoms with E-state index < -0.39 is 6.29 Å². The van der Waals surface area contributed by atoms with Crippen LogP contribution in [0.25, 0.3) is 0 Å². The average Bonchev–Trinajstić information content (AvgIpc) is 1.98. The predicted molar refractivity (Wildman–Crippen MR) is 50.9 cm³/mol. The molecule has 0 spiro atoms. The van der Waals surface area contributed by atoms with Gasteiger partial charge in [-0.25, -0.2) is 0 Å². The molecule has 2 heteroatoms. The average molecular weight is 174 g/mol. The summed E-state index contributed by atoms with van der Waals surface area (Å²) in [6.45, 7) is 6.95. The highest BCUT2D eigenvalue weighted by Gasteiger charge is 2.02. The second-order valence-corrected chi connectivity index (χ2v) is 3.59. The first-order chi connectivity index (χ1) is 5.66. The highest BCUT2D eigenvalue weighted by Crippen LogP contribution is 2.09. The van der Waals surface area contributed by atoms with Crippen LogP contribution < -0.4 is 0 Å². The fraction of sp³-hybridized carbons (Fsp3) is 1.00. The normalized spacial score (nSPS) is 13.8. The number of aliphatic hydroxyl groups is 1. The van der Waals surface area contributed by atoms with E-state index in [0.717, 1.165) is 18.8 Å². The first kappa shape index (κ1) is 11.9. The van der Waals surface area contributed by atoms with E-state index in [0.29, 0.717) is 6.61 Å². The van der Waals surface area contributed by atoms with Crippen molar-refractivity contribution in [1.29, 1.82) is 0 Å². The fourth-order valence-electron chi connectivity index (χ4n) is 1.15. The lowest BCUT2D eigenvalue weighted by molar-refractivity contribution is -0.0994. The molecule has 0 bridgehead atoms. The zero-order valence-electron chi connectivity index (χ0n) is 8.55. The number of aliphatic hydroxyl groups excluding tert-OH is 1. The zero-order valence-corrected chi connectivity index (χ0v) is 8.55. The second-order valence-electron chi connectivity index (χ2n) is 3.59. The van der Waals surface area contributed by atoms with Crippen molar-refractivity contribution in [3.63, 3.8) is 0 Å². The monoisotopic (exact) mass is 174 g/mol. The topological polar surface area (TPSA) is 29.5 Å². The molecule has 0 heterocycles. The largest absolute Gasteiger partial charge is 0.368 e. The Bertz CT molecular complexity index is 91.8. The zero-order chi connectivity index (χ0) is 9.40. The van der Waals surface area contributed by atoms with Crippen LogP contribution >= 0.6 is 0 Å². The van der Waals surface area contributed by atoms with E-state index in [9.17, 15) is 5.11 Å². The van der Waals surface area contributed by atoms with Gasteiger partial charge >= 0.3 is 0 Å². The summed E-state index contributed by atoms with van der Waals surface area (Å²) in [7, 11) is 0. The molecule has 0 aromatic carbocycles. The summed E-state index contributed by atoms with van der Waals surface area (Å²) in [4.78, 5) is 0.